The van der Waals surface area contributed by atoms with E-state index in [1.54, 1.807) is 54.5 Å². The van der Waals surface area contributed by atoms with Crippen LogP contribution in [0.25, 0.3) is 0 Å². The minimum atomic E-state index is -2.03. The van der Waals surface area contributed by atoms with Crippen molar-refractivity contribution >= 4 is 17.5 Å². The van der Waals surface area contributed by atoms with Gasteiger partial charge in [-0.3, -0.25) is 9.59 Å². The maximum atomic E-state index is 14.3. The largest absolute Gasteiger partial charge is 0.458 e. The monoisotopic (exact) mass is 791 g/mol. The van der Waals surface area contributed by atoms with Crippen molar-refractivity contribution < 1.29 is 48.3 Å². The molecule has 3 aliphatic rings. The van der Waals surface area contributed by atoms with Crippen molar-refractivity contribution in [1.82, 2.24) is 0 Å². The normalized spacial score (nSPS) is 46.8. The molecule has 0 unspecified atom stereocenters. The lowest BCUT2D eigenvalue weighted by molar-refractivity contribution is -0.370. The molecule has 2 fully saturated rings. The molecule has 9 nitrogen and oxygen atoms in total. The first-order valence-electron chi connectivity index (χ1n) is 21.5. The molecule has 3 aliphatic heterocycles. The third-order valence-electron chi connectivity index (χ3n) is 14.0. The lowest BCUT2D eigenvalue weighted by Crippen LogP contribution is -2.62. The van der Waals surface area contributed by atoms with Gasteiger partial charge in [-0.05, 0) is 69.6 Å². The van der Waals surface area contributed by atoms with Crippen LogP contribution in [-0.2, 0) is 28.6 Å². The lowest BCUT2D eigenvalue weighted by atomic mass is 9.71. The van der Waals surface area contributed by atoms with Gasteiger partial charge in [0.05, 0.1) is 30.6 Å². The smallest absolute Gasteiger partial charge is 0.330 e. The summed E-state index contributed by atoms with van der Waals surface area (Å²) in [5.74, 6) is -6.21. The molecule has 1 spiro atoms. The molecule has 3 heterocycles. The number of fused-ring (bicyclic) bond motifs is 2. The Morgan fingerprint density at radius 2 is 1.52 bits per heavy atom. The molecular formula is C46H75FO9. The van der Waals surface area contributed by atoms with Crippen molar-refractivity contribution in [3.8, 4) is 0 Å². The highest BCUT2D eigenvalue weighted by atomic mass is 19.1. The predicted octanol–water partition coefficient (Wildman–Crippen LogP) is 8.14. The Hall–Kier alpha value is -2.24. The molecule has 0 aromatic rings. The summed E-state index contributed by atoms with van der Waals surface area (Å²) >= 11 is 0. The van der Waals surface area contributed by atoms with Crippen molar-refractivity contribution in [2.75, 3.05) is 0 Å². The molecule has 56 heavy (non-hydrogen) atoms. The number of carbonyl (C=O) groups excluding carboxylic acids is 3. The average molecular weight is 791 g/mol. The number of Topliss-reactive ketones (excluding diaryl/α,β-unsaturated/α-hetero) is 2. The van der Waals surface area contributed by atoms with E-state index in [0.29, 0.717) is 19.3 Å². The number of ether oxygens (including phenoxy) is 3. The number of carbonyl (C=O) groups is 3. The summed E-state index contributed by atoms with van der Waals surface area (Å²) in [5, 5.41) is 33.8. The third kappa shape index (κ3) is 11.5. The van der Waals surface area contributed by atoms with Gasteiger partial charge < -0.3 is 29.5 Å². The Balaban J connectivity index is 1.99. The molecule has 0 aromatic heterocycles. The number of aliphatic hydroxyl groups is 3. The fourth-order valence-corrected chi connectivity index (χ4v) is 9.17. The zero-order valence-electron chi connectivity index (χ0n) is 36.3. The lowest BCUT2D eigenvalue weighted by Gasteiger charge is -2.55. The average Bonchev–Trinajstić information content (AvgIpc) is 3.16. The number of rotatable bonds is 3. The minimum Gasteiger partial charge on any atom is -0.458 e. The third-order valence-corrected chi connectivity index (χ3v) is 14.0. The SMILES string of the molecule is CC[C@H]1/C=C/C=C/C[C@@H](C)[C@H](O)[C@@](C)(O)C(=O)[C@@H](C)[C@H](C)[C@@H](C)C(=O)[C@@H](C)[C@H](O)[C@@H](C)/C=C/C(=O)O[C@@H]2[C@H](C)[C@H](CC1)O[C@]1(CC[C@H](C)[C@H](C[C@H](C)F)O1)[C@H]2C. The van der Waals surface area contributed by atoms with E-state index < -0.39 is 83.1 Å². The standard InChI is InChI=1S/C46H75FO9/c1-13-36-18-16-14-15-17-28(4)43(51)45(12,53)44(52)32(8)30(6)31(7)41(50)34(10)40(49)27(3)19-22-39(48)54-42-33(9)37(21-20-36)55-46(35(42)11)24-23-26(2)38(56-46)25-29(5)47/h14-16,18-19,22,26-38,40,42-43,49,51,53H,13,17,20-21,23-25H2,1-12H3/b15-14+,18-16+,22-19+/t26-,27-,28+,29-,30+,31+,32-,33+,34-,35-,36-,37-,38-,40+,42+,43-,45+,46-/m0/s1. The van der Waals surface area contributed by atoms with Gasteiger partial charge in [-0.15, -0.1) is 0 Å². The molecule has 0 radical (unpaired) electrons. The van der Waals surface area contributed by atoms with Crippen molar-refractivity contribution in [3.05, 3.63) is 36.5 Å². The van der Waals surface area contributed by atoms with Gasteiger partial charge >= 0.3 is 5.97 Å². The van der Waals surface area contributed by atoms with Gasteiger partial charge in [-0.25, -0.2) is 9.18 Å². The number of hydrogen-bond donors (Lipinski definition) is 3. The van der Waals surface area contributed by atoms with Gasteiger partial charge in [0.1, 0.15) is 17.5 Å². The van der Waals surface area contributed by atoms with Crippen LogP contribution in [0.1, 0.15) is 128 Å². The van der Waals surface area contributed by atoms with Crippen LogP contribution in [-0.4, -0.2) is 80.9 Å². The van der Waals surface area contributed by atoms with Crippen LogP contribution in [0, 0.1) is 59.2 Å². The highest BCUT2D eigenvalue weighted by Crippen LogP contribution is 2.49. The van der Waals surface area contributed by atoms with Crippen LogP contribution in [0.2, 0.25) is 0 Å². The molecule has 3 rings (SSSR count). The summed E-state index contributed by atoms with van der Waals surface area (Å²) in [5.41, 5.74) is -2.03. The fourth-order valence-electron chi connectivity index (χ4n) is 9.17. The summed E-state index contributed by atoms with van der Waals surface area (Å²) in [6.07, 6.45) is 10.7. The Bertz CT molecular complexity index is 1390. The first-order valence-corrected chi connectivity index (χ1v) is 21.5. The van der Waals surface area contributed by atoms with E-state index in [1.165, 1.54) is 13.0 Å². The number of allylic oxidation sites excluding steroid dienone is 4. The highest BCUT2D eigenvalue weighted by Gasteiger charge is 2.56. The Kier molecular flexibility index (Phi) is 17.7. The molecule has 0 aromatic carbocycles. The molecule has 0 aliphatic carbocycles. The summed E-state index contributed by atoms with van der Waals surface area (Å²) in [6.45, 7) is 21.4. The molecule has 10 heteroatoms. The second kappa shape index (κ2) is 20.6. The van der Waals surface area contributed by atoms with Gasteiger partial charge in [0, 0.05) is 54.4 Å². The quantitative estimate of drug-likeness (QED) is 0.242. The van der Waals surface area contributed by atoms with Crippen molar-refractivity contribution in [2.24, 2.45) is 59.2 Å². The maximum Gasteiger partial charge on any atom is 0.330 e. The van der Waals surface area contributed by atoms with Crippen molar-refractivity contribution in [2.45, 2.75) is 176 Å². The molecule has 2 saturated heterocycles. The van der Waals surface area contributed by atoms with Crippen molar-refractivity contribution in [3.63, 3.8) is 0 Å². The molecule has 0 saturated carbocycles. The van der Waals surface area contributed by atoms with Gasteiger partial charge in [0.2, 0.25) is 0 Å². The number of halogens is 1. The molecule has 2 bridgehead atoms. The predicted molar refractivity (Wildman–Crippen MR) is 217 cm³/mol. The van der Waals surface area contributed by atoms with Gasteiger partial charge in [0.25, 0.3) is 0 Å². The van der Waals surface area contributed by atoms with E-state index in [-0.39, 0.29) is 48.1 Å². The minimum absolute atomic E-state index is 0.153. The second-order valence-corrected chi connectivity index (χ2v) is 18.3. The van der Waals surface area contributed by atoms with E-state index in [4.69, 9.17) is 14.2 Å². The van der Waals surface area contributed by atoms with Crippen LogP contribution < -0.4 is 0 Å². The Labute approximate surface area is 336 Å². The summed E-state index contributed by atoms with van der Waals surface area (Å²) in [6, 6.07) is 0. The topological polar surface area (TPSA) is 140 Å². The number of hydrogen-bond acceptors (Lipinski definition) is 9. The zero-order chi connectivity index (χ0) is 42.3. The number of esters is 1. The Morgan fingerprint density at radius 3 is 2.14 bits per heavy atom. The van der Waals surface area contributed by atoms with Gasteiger partial charge in [0.15, 0.2) is 11.6 Å². The van der Waals surface area contributed by atoms with E-state index in [0.717, 1.165) is 19.3 Å². The van der Waals surface area contributed by atoms with Crippen LogP contribution in [0.3, 0.4) is 0 Å². The summed E-state index contributed by atoms with van der Waals surface area (Å²) < 4.78 is 34.3. The number of ketones is 2. The van der Waals surface area contributed by atoms with Gasteiger partial charge in [-0.1, -0.05) is 99.6 Å². The van der Waals surface area contributed by atoms with E-state index in [2.05, 4.69) is 19.9 Å². The molecule has 18 atom stereocenters. The van der Waals surface area contributed by atoms with E-state index in [1.807, 2.05) is 32.1 Å². The van der Waals surface area contributed by atoms with Crippen LogP contribution >= 0.6 is 0 Å². The maximum absolute atomic E-state index is 14.3. The molecule has 3 N–H and O–H groups in total. The fraction of sp³-hybridized carbons (Fsp3) is 0.804. The highest BCUT2D eigenvalue weighted by molar-refractivity contribution is 5.91. The van der Waals surface area contributed by atoms with E-state index >= 15 is 0 Å². The molecule has 0 amide bonds. The summed E-state index contributed by atoms with van der Waals surface area (Å²) in [4.78, 5) is 40.9. The first-order chi connectivity index (χ1) is 26.1. The van der Waals surface area contributed by atoms with Gasteiger partial charge in [-0.2, -0.15) is 0 Å². The second-order valence-electron chi connectivity index (χ2n) is 18.3. The summed E-state index contributed by atoms with van der Waals surface area (Å²) in [7, 11) is 0. The zero-order valence-corrected chi connectivity index (χ0v) is 36.3. The number of aliphatic hydroxyl groups excluding tert-OH is 2. The van der Waals surface area contributed by atoms with Crippen molar-refractivity contribution in [1.29, 1.82) is 0 Å². The Morgan fingerprint density at radius 1 is 0.857 bits per heavy atom. The van der Waals surface area contributed by atoms with Crippen LogP contribution in [0.5, 0.6) is 0 Å². The number of alkyl halides is 1. The van der Waals surface area contributed by atoms with Crippen LogP contribution in [0.4, 0.5) is 4.39 Å². The molecular weight excluding hydrogens is 715 g/mol. The van der Waals surface area contributed by atoms with E-state index in [9.17, 15) is 34.1 Å². The molecule has 320 valence electrons. The van der Waals surface area contributed by atoms with Crippen LogP contribution in [0.15, 0.2) is 36.5 Å². The first kappa shape index (κ1) is 48.1.